The van der Waals surface area contributed by atoms with Crippen molar-refractivity contribution in [2.75, 3.05) is 6.16 Å². The molecule has 0 aromatic heterocycles. The lowest BCUT2D eigenvalue weighted by Crippen LogP contribution is -2.44. The molecule has 0 saturated heterocycles. The number of allylic oxidation sites excluding steroid dienone is 4. The maximum absolute atomic E-state index is 6.60. The van der Waals surface area contributed by atoms with Crippen LogP contribution in [0.5, 0.6) is 0 Å². The van der Waals surface area contributed by atoms with Gasteiger partial charge in [-0.25, -0.2) is 0 Å². The molecule has 0 bridgehead atoms. The molecule has 4 unspecified atom stereocenters. The maximum atomic E-state index is 6.60. The lowest BCUT2D eigenvalue weighted by Gasteiger charge is -2.35. The molecule has 3 N–H and O–H groups in total. The summed E-state index contributed by atoms with van der Waals surface area (Å²) < 4.78 is 0. The molecule has 0 spiro atoms. The molecule has 23 heavy (non-hydrogen) atoms. The summed E-state index contributed by atoms with van der Waals surface area (Å²) in [6.07, 6.45) is 13.5. The predicted octanol–water partition coefficient (Wildman–Crippen LogP) is 4.57. The molecule has 4 atom stereocenters. The third-order valence-corrected chi connectivity index (χ3v) is 6.05. The highest BCUT2D eigenvalue weighted by atomic mass is 31.1. The van der Waals surface area contributed by atoms with E-state index >= 15 is 0 Å². The van der Waals surface area contributed by atoms with Crippen LogP contribution in [-0.2, 0) is 0 Å². The van der Waals surface area contributed by atoms with Gasteiger partial charge in [0.25, 0.3) is 0 Å². The Hall–Kier alpha value is -1.29. The number of nitrogens with two attached hydrogens (primary N) is 1. The zero-order chi connectivity index (χ0) is 18.0. The summed E-state index contributed by atoms with van der Waals surface area (Å²) in [5.41, 5.74) is 8.10. The second kappa shape index (κ2) is 10.5. The summed E-state index contributed by atoms with van der Waals surface area (Å²) in [6, 6.07) is 0.319. The van der Waals surface area contributed by atoms with Crippen molar-refractivity contribution in [3.05, 3.63) is 48.0 Å². The van der Waals surface area contributed by atoms with Gasteiger partial charge in [0.05, 0.1) is 5.70 Å². The van der Waals surface area contributed by atoms with E-state index in [4.69, 9.17) is 12.2 Å². The zero-order valence-electron chi connectivity index (χ0n) is 15.4. The number of nitrogens with one attached hydrogen (secondary N) is 1. The van der Waals surface area contributed by atoms with Crippen molar-refractivity contribution in [2.24, 2.45) is 11.7 Å². The van der Waals surface area contributed by atoms with Gasteiger partial charge in [-0.3, -0.25) is 0 Å². The smallest absolute Gasteiger partial charge is 0.0780 e. The number of hydrogen-bond acceptors (Lipinski definition) is 2. The monoisotopic (exact) mass is 332 g/mol. The van der Waals surface area contributed by atoms with Crippen LogP contribution in [0, 0.1) is 18.3 Å². The van der Waals surface area contributed by atoms with E-state index in [1.54, 1.807) is 0 Å². The second-order valence-electron chi connectivity index (χ2n) is 6.17. The highest BCUT2D eigenvalue weighted by Crippen LogP contribution is 2.38. The van der Waals surface area contributed by atoms with Crippen molar-refractivity contribution < 1.29 is 0 Å². The van der Waals surface area contributed by atoms with Gasteiger partial charge in [0.15, 0.2) is 0 Å². The van der Waals surface area contributed by atoms with Crippen molar-refractivity contribution in [2.45, 2.75) is 52.6 Å². The van der Waals surface area contributed by atoms with Crippen LogP contribution < -0.4 is 11.1 Å². The molecule has 0 fully saturated rings. The first-order valence-corrected chi connectivity index (χ1v) is 9.34. The Morgan fingerprint density at radius 3 is 2.57 bits per heavy atom. The SMILES string of the molecule is C#CC(=C)NC(CC)CPC(=C)C(C)(N)C(C)/C(C)=C/C=C\C. The molecule has 128 valence electrons. The van der Waals surface area contributed by atoms with Crippen molar-refractivity contribution in [1.82, 2.24) is 5.32 Å². The van der Waals surface area contributed by atoms with E-state index in [1.165, 1.54) is 5.57 Å². The van der Waals surface area contributed by atoms with E-state index in [1.807, 2.05) is 13.0 Å². The Morgan fingerprint density at radius 2 is 2.09 bits per heavy atom. The van der Waals surface area contributed by atoms with E-state index in [0.717, 1.165) is 17.9 Å². The van der Waals surface area contributed by atoms with Crippen molar-refractivity contribution in [1.29, 1.82) is 0 Å². The number of terminal acetylenes is 1. The van der Waals surface area contributed by atoms with E-state index in [0.29, 0.717) is 20.3 Å². The average molecular weight is 332 g/mol. The molecule has 0 aromatic rings. The van der Waals surface area contributed by atoms with E-state index in [2.05, 4.69) is 64.2 Å². The minimum absolute atomic E-state index is 0.243. The van der Waals surface area contributed by atoms with Crippen LogP contribution in [0.3, 0.4) is 0 Å². The van der Waals surface area contributed by atoms with Crippen LogP contribution in [-0.4, -0.2) is 17.7 Å². The summed E-state index contributed by atoms with van der Waals surface area (Å²) >= 11 is 0. The highest BCUT2D eigenvalue weighted by molar-refractivity contribution is 7.43. The lowest BCUT2D eigenvalue weighted by molar-refractivity contribution is 0.433. The first kappa shape index (κ1) is 21.7. The first-order chi connectivity index (χ1) is 10.7. The van der Waals surface area contributed by atoms with Crippen LogP contribution in [0.4, 0.5) is 0 Å². The minimum atomic E-state index is -0.415. The van der Waals surface area contributed by atoms with Gasteiger partial charge in [0.1, 0.15) is 0 Å². The third kappa shape index (κ3) is 7.21. The molecule has 0 aliphatic carbocycles. The van der Waals surface area contributed by atoms with Gasteiger partial charge in [-0.2, -0.15) is 0 Å². The third-order valence-electron chi connectivity index (χ3n) is 4.39. The van der Waals surface area contributed by atoms with Crippen LogP contribution >= 0.6 is 8.58 Å². The normalized spacial score (nSPS) is 17.7. The Labute approximate surface area is 145 Å². The molecular formula is C20H33N2P. The van der Waals surface area contributed by atoms with Crippen LogP contribution in [0.1, 0.15) is 41.0 Å². The summed E-state index contributed by atoms with van der Waals surface area (Å²) in [4.78, 5) is 0. The number of hydrogen-bond donors (Lipinski definition) is 2. The molecule has 0 heterocycles. The van der Waals surface area contributed by atoms with Gasteiger partial charge in [0.2, 0.25) is 0 Å². The molecule has 2 nitrogen and oxygen atoms in total. The Balaban J connectivity index is 4.81. The molecule has 0 rings (SSSR count). The minimum Gasteiger partial charge on any atom is -0.376 e. The average Bonchev–Trinajstić information content (AvgIpc) is 2.54. The Bertz CT molecular complexity index is 506. The largest absolute Gasteiger partial charge is 0.376 e. The standard InChI is InChI=1S/C20H33N2P/c1-9-12-13-15(4)17(6)20(8,21)18(7)23-14-19(11-3)22-16(5)10-2/h2,9,12-13,17,19,22-23H,5,7,11,14,21H2,1,3-4,6,8H3/b12-9-,15-13+. The predicted molar refractivity (Wildman–Crippen MR) is 108 cm³/mol. The van der Waals surface area contributed by atoms with Crippen LogP contribution in [0.2, 0.25) is 0 Å². The van der Waals surface area contributed by atoms with Gasteiger partial charge in [-0.15, -0.1) is 6.42 Å². The lowest BCUT2D eigenvalue weighted by atomic mass is 9.82. The van der Waals surface area contributed by atoms with Gasteiger partial charge in [-0.1, -0.05) is 65.3 Å². The highest BCUT2D eigenvalue weighted by Gasteiger charge is 2.30. The fourth-order valence-corrected chi connectivity index (χ4v) is 3.63. The van der Waals surface area contributed by atoms with E-state index in [-0.39, 0.29) is 5.92 Å². The topological polar surface area (TPSA) is 38.0 Å². The second-order valence-corrected chi connectivity index (χ2v) is 7.54. The first-order valence-electron chi connectivity index (χ1n) is 8.14. The summed E-state index contributed by atoms with van der Waals surface area (Å²) in [7, 11) is 0.596. The molecule has 3 heteroatoms. The fraction of sp³-hybridized carbons (Fsp3) is 0.500. The molecule has 0 radical (unpaired) electrons. The summed E-state index contributed by atoms with van der Waals surface area (Å²) in [5, 5.41) is 4.38. The van der Waals surface area contributed by atoms with Crippen LogP contribution in [0.25, 0.3) is 0 Å². The van der Waals surface area contributed by atoms with E-state index < -0.39 is 5.54 Å². The summed E-state index contributed by atoms with van der Waals surface area (Å²) in [6.45, 7) is 18.6. The Morgan fingerprint density at radius 1 is 1.48 bits per heavy atom. The molecule has 0 amide bonds. The van der Waals surface area contributed by atoms with Gasteiger partial charge >= 0.3 is 0 Å². The zero-order valence-corrected chi connectivity index (χ0v) is 16.4. The van der Waals surface area contributed by atoms with Gasteiger partial charge in [0, 0.05) is 11.6 Å². The van der Waals surface area contributed by atoms with Crippen molar-refractivity contribution in [3.8, 4) is 12.3 Å². The maximum Gasteiger partial charge on any atom is 0.0780 e. The number of rotatable bonds is 10. The molecular weight excluding hydrogens is 299 g/mol. The molecule has 0 aliphatic heterocycles. The summed E-state index contributed by atoms with van der Waals surface area (Å²) in [5.74, 6) is 2.78. The molecule has 0 aromatic carbocycles. The van der Waals surface area contributed by atoms with E-state index in [9.17, 15) is 0 Å². The van der Waals surface area contributed by atoms with Gasteiger partial charge in [-0.05, 0) is 44.6 Å². The fourth-order valence-electron chi connectivity index (χ4n) is 2.15. The van der Waals surface area contributed by atoms with Gasteiger partial charge < -0.3 is 11.1 Å². The van der Waals surface area contributed by atoms with Crippen molar-refractivity contribution >= 4 is 8.58 Å². The molecule has 0 saturated carbocycles. The van der Waals surface area contributed by atoms with Crippen molar-refractivity contribution in [3.63, 3.8) is 0 Å². The van der Waals surface area contributed by atoms with Crippen LogP contribution in [0.15, 0.2) is 48.0 Å². The Kier molecular flexibility index (Phi) is 9.89. The quantitative estimate of drug-likeness (QED) is 0.349. The molecule has 0 aliphatic rings.